The number of carbonyl (C=O) groups is 1. The van der Waals surface area contributed by atoms with Crippen LogP contribution in [-0.2, 0) is 16.4 Å². The zero-order valence-electron chi connectivity index (χ0n) is 9.07. The van der Waals surface area contributed by atoms with Crippen molar-refractivity contribution in [3.05, 3.63) is 22.1 Å². The maximum Gasteiger partial charge on any atom is 0.343 e. The lowest BCUT2D eigenvalue weighted by Gasteiger charge is -2.02. The van der Waals surface area contributed by atoms with Crippen LogP contribution in [0.2, 0.25) is 0 Å². The molecule has 0 aromatic carbocycles. The van der Waals surface area contributed by atoms with Crippen molar-refractivity contribution in [1.29, 1.82) is 0 Å². The molecule has 0 aliphatic carbocycles. The predicted molar refractivity (Wildman–Crippen MR) is 58.6 cm³/mol. The summed E-state index contributed by atoms with van der Waals surface area (Å²) in [6, 6.07) is 0. The molecule has 1 aromatic rings. The molecule has 0 aliphatic heterocycles. The smallest absolute Gasteiger partial charge is 0.343 e. The van der Waals surface area contributed by atoms with Gasteiger partial charge in [-0.1, -0.05) is 6.92 Å². The van der Waals surface area contributed by atoms with E-state index in [0.29, 0.717) is 6.29 Å². The zero-order valence-corrected chi connectivity index (χ0v) is 9.88. The SMILES string of the molecule is CCS(=O)(=O)CCn1c([N+](=O)[O-])cnc1C=O. The van der Waals surface area contributed by atoms with Crippen LogP contribution in [0.4, 0.5) is 5.82 Å². The lowest BCUT2D eigenvalue weighted by molar-refractivity contribution is -0.392. The first-order valence-electron chi connectivity index (χ1n) is 4.76. The molecule has 0 fully saturated rings. The minimum Gasteiger partial charge on any atom is -0.358 e. The number of rotatable bonds is 6. The largest absolute Gasteiger partial charge is 0.358 e. The number of aromatic nitrogens is 2. The summed E-state index contributed by atoms with van der Waals surface area (Å²) in [5.41, 5.74) is 0. The monoisotopic (exact) mass is 261 g/mol. The first-order chi connectivity index (χ1) is 7.91. The predicted octanol–water partition coefficient (Wildman–Crippen LogP) is 0.0385. The molecule has 0 aliphatic rings. The van der Waals surface area contributed by atoms with Crippen molar-refractivity contribution in [2.45, 2.75) is 13.5 Å². The van der Waals surface area contributed by atoms with E-state index in [0.717, 1.165) is 10.8 Å². The summed E-state index contributed by atoms with van der Waals surface area (Å²) >= 11 is 0. The molecule has 0 saturated carbocycles. The van der Waals surface area contributed by atoms with Crippen LogP contribution < -0.4 is 0 Å². The van der Waals surface area contributed by atoms with Crippen LogP contribution in [0.25, 0.3) is 0 Å². The van der Waals surface area contributed by atoms with E-state index >= 15 is 0 Å². The number of aldehydes is 1. The van der Waals surface area contributed by atoms with Crippen LogP contribution in [0.1, 0.15) is 17.5 Å². The molecule has 0 amide bonds. The third-order valence-electron chi connectivity index (χ3n) is 2.22. The standard InChI is InChI=1S/C8H11N3O5S/c1-2-17(15,16)4-3-10-7(6-12)9-5-8(10)11(13)14/h5-6H,2-4H2,1H3. The van der Waals surface area contributed by atoms with Gasteiger partial charge in [0.1, 0.15) is 12.7 Å². The van der Waals surface area contributed by atoms with Crippen molar-refractivity contribution >= 4 is 21.9 Å². The Balaban J connectivity index is 3.00. The Morgan fingerprint density at radius 1 is 1.59 bits per heavy atom. The molecule has 0 unspecified atom stereocenters. The molecule has 0 atom stereocenters. The van der Waals surface area contributed by atoms with Crippen LogP contribution in [0.15, 0.2) is 6.20 Å². The lowest BCUT2D eigenvalue weighted by atomic mass is 10.6. The Hall–Kier alpha value is -1.77. The third-order valence-corrected chi connectivity index (χ3v) is 3.91. The Labute approximate surface area is 97.3 Å². The van der Waals surface area contributed by atoms with Gasteiger partial charge in [-0.25, -0.2) is 18.0 Å². The molecule has 17 heavy (non-hydrogen) atoms. The van der Waals surface area contributed by atoms with Gasteiger partial charge < -0.3 is 10.1 Å². The molecule has 0 N–H and O–H groups in total. The lowest BCUT2D eigenvalue weighted by Crippen LogP contribution is -2.17. The second kappa shape index (κ2) is 5.04. The number of nitrogens with zero attached hydrogens (tertiary/aromatic N) is 3. The molecule has 1 rings (SSSR count). The van der Waals surface area contributed by atoms with Gasteiger partial charge in [-0.2, -0.15) is 0 Å². The minimum atomic E-state index is -3.25. The Morgan fingerprint density at radius 2 is 2.24 bits per heavy atom. The molecule has 94 valence electrons. The molecular weight excluding hydrogens is 250 g/mol. The van der Waals surface area contributed by atoms with E-state index in [-0.39, 0.29) is 23.9 Å². The fraction of sp³-hybridized carbons (Fsp3) is 0.500. The van der Waals surface area contributed by atoms with Crippen LogP contribution in [0, 0.1) is 10.1 Å². The molecule has 0 radical (unpaired) electrons. The van der Waals surface area contributed by atoms with E-state index in [2.05, 4.69) is 4.98 Å². The number of carbonyl (C=O) groups excluding carboxylic acids is 1. The number of sulfone groups is 1. The Kier molecular flexibility index (Phi) is 3.94. The van der Waals surface area contributed by atoms with Crippen LogP contribution >= 0.6 is 0 Å². The highest BCUT2D eigenvalue weighted by Gasteiger charge is 2.21. The highest BCUT2D eigenvalue weighted by atomic mass is 32.2. The van der Waals surface area contributed by atoms with Gasteiger partial charge in [0.2, 0.25) is 6.29 Å². The van der Waals surface area contributed by atoms with Crippen LogP contribution in [0.3, 0.4) is 0 Å². The van der Waals surface area contributed by atoms with Gasteiger partial charge in [0, 0.05) is 5.75 Å². The minimum absolute atomic E-state index is 0.0497. The van der Waals surface area contributed by atoms with E-state index < -0.39 is 20.6 Å². The van der Waals surface area contributed by atoms with Gasteiger partial charge in [0.25, 0.3) is 5.82 Å². The Morgan fingerprint density at radius 3 is 2.71 bits per heavy atom. The van der Waals surface area contributed by atoms with Crippen molar-refractivity contribution < 1.29 is 18.1 Å². The van der Waals surface area contributed by atoms with E-state index in [1.807, 2.05) is 0 Å². The van der Waals surface area contributed by atoms with Gasteiger partial charge in [-0.3, -0.25) is 4.79 Å². The highest BCUT2D eigenvalue weighted by Crippen LogP contribution is 2.13. The Bertz CT molecular complexity index is 533. The second-order valence-corrected chi connectivity index (χ2v) is 5.71. The molecule has 9 heteroatoms. The van der Waals surface area contributed by atoms with Gasteiger partial charge in [-0.05, 0) is 4.92 Å². The van der Waals surface area contributed by atoms with Crippen LogP contribution in [-0.4, -0.2) is 40.7 Å². The van der Waals surface area contributed by atoms with Crippen molar-refractivity contribution in [2.75, 3.05) is 11.5 Å². The third kappa shape index (κ3) is 3.09. The zero-order chi connectivity index (χ0) is 13.1. The summed E-state index contributed by atoms with van der Waals surface area (Å²) in [6.45, 7) is 1.33. The molecule has 0 saturated heterocycles. The van der Waals surface area contributed by atoms with E-state index in [1.165, 1.54) is 6.92 Å². The number of imidazole rings is 1. The molecule has 0 bridgehead atoms. The normalized spacial score (nSPS) is 11.4. The average molecular weight is 261 g/mol. The van der Waals surface area contributed by atoms with Crippen LogP contribution in [0.5, 0.6) is 0 Å². The molecule has 1 heterocycles. The van der Waals surface area contributed by atoms with Crippen molar-refractivity contribution in [1.82, 2.24) is 9.55 Å². The molecular formula is C8H11N3O5S. The number of hydrogen-bond acceptors (Lipinski definition) is 6. The van der Waals surface area contributed by atoms with Crippen molar-refractivity contribution in [2.24, 2.45) is 0 Å². The van der Waals surface area contributed by atoms with Gasteiger partial charge >= 0.3 is 5.82 Å². The summed E-state index contributed by atoms with van der Waals surface area (Å²) in [5, 5.41) is 10.6. The first-order valence-corrected chi connectivity index (χ1v) is 6.59. The van der Waals surface area contributed by atoms with E-state index in [9.17, 15) is 23.3 Å². The maximum atomic E-state index is 11.3. The highest BCUT2D eigenvalue weighted by molar-refractivity contribution is 7.91. The summed E-state index contributed by atoms with van der Waals surface area (Å²) in [4.78, 5) is 24.1. The second-order valence-electron chi connectivity index (χ2n) is 3.24. The van der Waals surface area contributed by atoms with E-state index in [4.69, 9.17) is 0 Å². The maximum absolute atomic E-state index is 11.3. The summed E-state index contributed by atoms with van der Waals surface area (Å²) in [6.07, 6.45) is 1.29. The van der Waals surface area contributed by atoms with Gasteiger partial charge in [0.15, 0.2) is 9.84 Å². The first kappa shape index (κ1) is 13.3. The van der Waals surface area contributed by atoms with E-state index in [1.54, 1.807) is 0 Å². The van der Waals surface area contributed by atoms with Gasteiger partial charge in [0.05, 0.1) is 5.75 Å². The van der Waals surface area contributed by atoms with Crippen molar-refractivity contribution in [3.63, 3.8) is 0 Å². The molecule has 0 spiro atoms. The summed E-state index contributed by atoms with van der Waals surface area (Å²) in [5.74, 6) is -0.852. The fourth-order valence-electron chi connectivity index (χ4n) is 1.22. The van der Waals surface area contributed by atoms with Gasteiger partial charge in [-0.15, -0.1) is 0 Å². The quantitative estimate of drug-likeness (QED) is 0.406. The molecule has 1 aromatic heterocycles. The number of nitro groups is 1. The van der Waals surface area contributed by atoms with Crippen molar-refractivity contribution in [3.8, 4) is 0 Å². The average Bonchev–Trinajstić information content (AvgIpc) is 2.69. The molecule has 8 nitrogen and oxygen atoms in total. The summed E-state index contributed by atoms with van der Waals surface area (Å²) < 4.78 is 23.6. The fourth-order valence-corrected chi connectivity index (χ4v) is 1.97. The summed E-state index contributed by atoms with van der Waals surface area (Å²) in [7, 11) is -3.25. The number of hydrogen-bond donors (Lipinski definition) is 0. The topological polar surface area (TPSA) is 112 Å².